The van der Waals surface area contributed by atoms with Crippen LogP contribution in [-0.4, -0.2) is 28.0 Å². The van der Waals surface area contributed by atoms with Crippen LogP contribution in [0.4, 0.5) is 0 Å². The Balaban J connectivity index is 2.55. The summed E-state index contributed by atoms with van der Waals surface area (Å²) in [6.45, 7) is 3.95. The van der Waals surface area contributed by atoms with E-state index in [1.165, 1.54) is 0 Å². The van der Waals surface area contributed by atoms with Crippen molar-refractivity contribution >= 4 is 5.78 Å². The molecule has 1 rings (SSSR count). The van der Waals surface area contributed by atoms with Crippen LogP contribution in [0.25, 0.3) is 0 Å². The molecule has 0 saturated heterocycles. The molecule has 0 aliphatic carbocycles. The summed E-state index contributed by atoms with van der Waals surface area (Å²) in [7, 11) is 3.48. The fourth-order valence-electron chi connectivity index (χ4n) is 1.27. The monoisotopic (exact) mass is 210 g/mol. The van der Waals surface area contributed by atoms with Crippen molar-refractivity contribution in [2.24, 2.45) is 7.05 Å². The number of methoxy groups -OCH3 is 1. The Morgan fingerprint density at radius 3 is 2.73 bits per heavy atom. The number of hydrogen-bond acceptors (Lipinski definition) is 3. The minimum atomic E-state index is -0.242. The van der Waals surface area contributed by atoms with Crippen LogP contribution in [0.2, 0.25) is 0 Å². The highest BCUT2D eigenvalue weighted by atomic mass is 16.5. The Kier molecular flexibility index (Phi) is 3.63. The van der Waals surface area contributed by atoms with Crippen LogP contribution in [0.5, 0.6) is 0 Å². The van der Waals surface area contributed by atoms with Crippen LogP contribution in [0, 0.1) is 0 Å². The van der Waals surface area contributed by atoms with Gasteiger partial charge in [-0.2, -0.15) is 0 Å². The van der Waals surface area contributed by atoms with Gasteiger partial charge in [-0.15, -0.1) is 0 Å². The zero-order valence-corrected chi connectivity index (χ0v) is 9.78. The highest BCUT2D eigenvalue weighted by Gasteiger charge is 2.19. The molecule has 4 nitrogen and oxygen atoms in total. The first-order valence-electron chi connectivity index (χ1n) is 5.01. The first-order valence-corrected chi connectivity index (χ1v) is 5.01. The molecule has 0 aromatic carbocycles. The number of aromatic nitrogens is 2. The molecule has 0 spiro atoms. The maximum Gasteiger partial charge on any atom is 0.180 e. The third kappa shape index (κ3) is 3.16. The first kappa shape index (κ1) is 11.9. The average Bonchev–Trinajstić information content (AvgIpc) is 2.61. The highest BCUT2D eigenvalue weighted by Crippen LogP contribution is 2.17. The zero-order valence-electron chi connectivity index (χ0n) is 9.78. The molecule has 1 aromatic rings. The van der Waals surface area contributed by atoms with E-state index in [4.69, 9.17) is 4.74 Å². The van der Waals surface area contributed by atoms with Crippen LogP contribution in [0.3, 0.4) is 0 Å². The Hall–Kier alpha value is -1.16. The Bertz CT molecular complexity index is 342. The van der Waals surface area contributed by atoms with Crippen molar-refractivity contribution in [2.45, 2.75) is 32.3 Å². The van der Waals surface area contributed by atoms with Gasteiger partial charge in [0.15, 0.2) is 5.78 Å². The number of hydrogen-bond donors (Lipinski definition) is 0. The van der Waals surface area contributed by atoms with Gasteiger partial charge in [-0.1, -0.05) is 0 Å². The minimum Gasteiger partial charge on any atom is -0.379 e. The van der Waals surface area contributed by atoms with Crippen LogP contribution in [0.15, 0.2) is 12.5 Å². The molecule has 0 aliphatic heterocycles. The van der Waals surface area contributed by atoms with E-state index in [-0.39, 0.29) is 11.4 Å². The summed E-state index contributed by atoms with van der Waals surface area (Å²) in [5.74, 6) is 0.111. The molecule has 0 unspecified atom stereocenters. The molecular formula is C11H18N2O2. The molecule has 0 saturated carbocycles. The van der Waals surface area contributed by atoms with Gasteiger partial charge in [-0.05, 0) is 20.3 Å². The number of rotatable bonds is 5. The fourth-order valence-corrected chi connectivity index (χ4v) is 1.27. The molecule has 4 heteroatoms. The third-order valence-electron chi connectivity index (χ3n) is 2.61. The van der Waals surface area contributed by atoms with Crippen LogP contribution in [0.1, 0.15) is 37.2 Å². The van der Waals surface area contributed by atoms with E-state index in [0.717, 1.165) is 0 Å². The van der Waals surface area contributed by atoms with Gasteiger partial charge in [-0.25, -0.2) is 4.98 Å². The Labute approximate surface area is 90.3 Å². The normalized spacial score (nSPS) is 11.7. The molecular weight excluding hydrogens is 192 g/mol. The summed E-state index contributed by atoms with van der Waals surface area (Å²) in [4.78, 5) is 15.7. The lowest BCUT2D eigenvalue weighted by molar-refractivity contribution is 0.0141. The summed E-state index contributed by atoms with van der Waals surface area (Å²) in [6, 6.07) is 0. The number of carbonyl (C=O) groups excluding carboxylic acids is 1. The maximum absolute atomic E-state index is 11.8. The molecule has 1 aromatic heterocycles. The largest absolute Gasteiger partial charge is 0.379 e. The first-order chi connectivity index (χ1) is 6.96. The summed E-state index contributed by atoms with van der Waals surface area (Å²) < 4.78 is 7.00. The van der Waals surface area contributed by atoms with Crippen molar-refractivity contribution in [1.82, 2.24) is 9.55 Å². The van der Waals surface area contributed by atoms with E-state index < -0.39 is 0 Å². The second-order valence-electron chi connectivity index (χ2n) is 4.28. The van der Waals surface area contributed by atoms with Gasteiger partial charge in [0.05, 0.1) is 18.1 Å². The zero-order chi connectivity index (χ0) is 11.5. The molecule has 0 fully saturated rings. The quantitative estimate of drug-likeness (QED) is 0.696. The number of ketones is 1. The van der Waals surface area contributed by atoms with Gasteiger partial charge in [-0.3, -0.25) is 4.79 Å². The molecule has 1 heterocycles. The standard InChI is InChI=1S/C11H18N2O2/c1-11(2,15-4)6-5-10(14)9-7-12-8-13(9)3/h7-8H,5-6H2,1-4H3. The predicted octanol–water partition coefficient (Wildman–Crippen LogP) is 1.81. The lowest BCUT2D eigenvalue weighted by Crippen LogP contribution is -2.23. The Morgan fingerprint density at radius 1 is 1.60 bits per heavy atom. The van der Waals surface area contributed by atoms with E-state index in [2.05, 4.69) is 4.98 Å². The van der Waals surface area contributed by atoms with Crippen molar-refractivity contribution in [2.75, 3.05) is 7.11 Å². The van der Waals surface area contributed by atoms with Gasteiger partial charge < -0.3 is 9.30 Å². The molecule has 0 bridgehead atoms. The molecule has 0 amide bonds. The van der Waals surface area contributed by atoms with Crippen molar-refractivity contribution in [1.29, 1.82) is 0 Å². The lowest BCUT2D eigenvalue weighted by atomic mass is 10.00. The number of nitrogens with zero attached hydrogens (tertiary/aromatic N) is 2. The van der Waals surface area contributed by atoms with E-state index in [1.54, 1.807) is 24.2 Å². The molecule has 0 aliphatic rings. The van der Waals surface area contributed by atoms with Crippen molar-refractivity contribution < 1.29 is 9.53 Å². The van der Waals surface area contributed by atoms with Crippen molar-refractivity contribution in [3.05, 3.63) is 18.2 Å². The van der Waals surface area contributed by atoms with Crippen LogP contribution < -0.4 is 0 Å². The van der Waals surface area contributed by atoms with Gasteiger partial charge in [0, 0.05) is 20.6 Å². The SMILES string of the molecule is COC(C)(C)CCC(=O)c1cncn1C. The van der Waals surface area contributed by atoms with Crippen molar-refractivity contribution in [3.63, 3.8) is 0 Å². The fraction of sp³-hybridized carbons (Fsp3) is 0.636. The Morgan fingerprint density at radius 2 is 2.27 bits per heavy atom. The molecule has 0 radical (unpaired) electrons. The summed E-state index contributed by atoms with van der Waals surface area (Å²) in [6.07, 6.45) is 4.44. The van der Waals surface area contributed by atoms with Gasteiger partial charge in [0.1, 0.15) is 5.69 Å². The number of aryl methyl sites for hydroxylation is 1. The second-order valence-corrected chi connectivity index (χ2v) is 4.28. The molecule has 84 valence electrons. The smallest absolute Gasteiger partial charge is 0.180 e. The van der Waals surface area contributed by atoms with Crippen LogP contribution in [-0.2, 0) is 11.8 Å². The van der Waals surface area contributed by atoms with Crippen molar-refractivity contribution in [3.8, 4) is 0 Å². The predicted molar refractivity (Wildman–Crippen MR) is 57.9 cm³/mol. The summed E-state index contributed by atoms with van der Waals surface area (Å²) in [5.41, 5.74) is 0.413. The molecule has 0 atom stereocenters. The maximum atomic E-state index is 11.8. The number of imidazole rings is 1. The van der Waals surface area contributed by atoms with E-state index in [0.29, 0.717) is 18.5 Å². The van der Waals surface area contributed by atoms with E-state index in [9.17, 15) is 4.79 Å². The van der Waals surface area contributed by atoms with Crippen LogP contribution >= 0.6 is 0 Å². The third-order valence-corrected chi connectivity index (χ3v) is 2.61. The van der Waals surface area contributed by atoms with E-state index in [1.807, 2.05) is 20.9 Å². The lowest BCUT2D eigenvalue weighted by Gasteiger charge is -2.22. The average molecular weight is 210 g/mol. The van der Waals surface area contributed by atoms with E-state index >= 15 is 0 Å². The highest BCUT2D eigenvalue weighted by molar-refractivity contribution is 5.94. The number of Topliss-reactive ketones (excluding diaryl/α,β-unsaturated/α-hetero) is 1. The molecule has 15 heavy (non-hydrogen) atoms. The number of ether oxygens (including phenoxy) is 1. The van der Waals surface area contributed by atoms with Gasteiger partial charge in [0.2, 0.25) is 0 Å². The second kappa shape index (κ2) is 4.57. The molecule has 0 N–H and O–H groups in total. The summed E-state index contributed by atoms with van der Waals surface area (Å²) in [5, 5.41) is 0. The van der Waals surface area contributed by atoms with Gasteiger partial charge in [0.25, 0.3) is 0 Å². The summed E-state index contributed by atoms with van der Waals surface area (Å²) >= 11 is 0. The van der Waals surface area contributed by atoms with Gasteiger partial charge >= 0.3 is 0 Å². The number of carbonyl (C=O) groups is 1. The minimum absolute atomic E-state index is 0.111. The topological polar surface area (TPSA) is 44.1 Å².